The Morgan fingerprint density at radius 1 is 1.44 bits per heavy atom. The molecule has 1 aromatic rings. The van der Waals surface area contributed by atoms with Gasteiger partial charge < -0.3 is 19.5 Å². The fourth-order valence-corrected chi connectivity index (χ4v) is 3.33. The molecular formula is C16H22N2O6P+. The Hall–Kier alpha value is -2.21. The lowest BCUT2D eigenvalue weighted by Crippen LogP contribution is -2.51. The first-order valence-electron chi connectivity index (χ1n) is 7.93. The van der Waals surface area contributed by atoms with Crippen molar-refractivity contribution in [2.24, 2.45) is 0 Å². The van der Waals surface area contributed by atoms with Crippen LogP contribution >= 0.6 is 9.24 Å². The smallest absolute Gasteiger partial charge is 0.414 e. The van der Waals surface area contributed by atoms with Crippen LogP contribution < -0.4 is 4.57 Å². The number of methoxy groups -OCH3 is 1. The number of likely N-dealkylation sites (tertiary alicyclic amines) is 1. The molecule has 1 fully saturated rings. The molecule has 0 bridgehead atoms. The summed E-state index contributed by atoms with van der Waals surface area (Å²) >= 11 is 0. The van der Waals surface area contributed by atoms with Gasteiger partial charge in [0.05, 0.1) is 18.8 Å². The summed E-state index contributed by atoms with van der Waals surface area (Å²) in [6.07, 6.45) is 4.92. The summed E-state index contributed by atoms with van der Waals surface area (Å²) in [5.74, 6) is -1.45. The van der Waals surface area contributed by atoms with Crippen LogP contribution in [0.4, 0.5) is 4.79 Å². The molecule has 1 N–H and O–H groups in total. The molecule has 0 radical (unpaired) electrons. The Morgan fingerprint density at radius 2 is 2.20 bits per heavy atom. The number of carbonyl (C=O) groups excluding carboxylic acids is 2. The largest absolute Gasteiger partial charge is 0.477 e. The van der Waals surface area contributed by atoms with Crippen molar-refractivity contribution in [3.8, 4) is 0 Å². The van der Waals surface area contributed by atoms with E-state index in [1.54, 1.807) is 17.2 Å². The minimum absolute atomic E-state index is 0.102. The van der Waals surface area contributed by atoms with Crippen LogP contribution in [0.5, 0.6) is 0 Å². The van der Waals surface area contributed by atoms with Gasteiger partial charge in [0.2, 0.25) is 0 Å². The van der Waals surface area contributed by atoms with Crippen LogP contribution in [0, 0.1) is 0 Å². The molecule has 0 aliphatic carbocycles. The van der Waals surface area contributed by atoms with E-state index >= 15 is 0 Å². The van der Waals surface area contributed by atoms with Gasteiger partial charge >= 0.3 is 18.0 Å². The van der Waals surface area contributed by atoms with Crippen LogP contribution in [0.15, 0.2) is 24.5 Å². The molecule has 0 aromatic carbocycles. The fourth-order valence-electron chi connectivity index (χ4n) is 2.79. The number of hydrogen-bond acceptors (Lipinski definition) is 5. The van der Waals surface area contributed by atoms with E-state index in [4.69, 9.17) is 14.6 Å². The minimum Gasteiger partial charge on any atom is -0.477 e. The molecule has 1 aliphatic rings. The first kappa shape index (κ1) is 19.1. The maximum Gasteiger partial charge on any atom is 0.414 e. The molecule has 1 unspecified atom stereocenters. The van der Waals surface area contributed by atoms with Gasteiger partial charge in [0.15, 0.2) is 12.4 Å². The van der Waals surface area contributed by atoms with E-state index in [-0.39, 0.29) is 18.3 Å². The van der Waals surface area contributed by atoms with Gasteiger partial charge in [-0.05, 0) is 25.3 Å². The molecule has 0 spiro atoms. The van der Waals surface area contributed by atoms with Crippen molar-refractivity contribution in [1.82, 2.24) is 4.90 Å². The normalized spacial score (nSPS) is 18.3. The number of carbonyl (C=O) groups is 3. The van der Waals surface area contributed by atoms with Crippen LogP contribution in [0.25, 0.3) is 0 Å². The van der Waals surface area contributed by atoms with Crippen molar-refractivity contribution in [2.75, 3.05) is 13.7 Å². The summed E-state index contributed by atoms with van der Waals surface area (Å²) < 4.78 is 11.5. The molecule has 9 heteroatoms. The van der Waals surface area contributed by atoms with Crippen LogP contribution in [0.1, 0.15) is 29.6 Å². The lowest BCUT2D eigenvalue weighted by molar-refractivity contribution is -0.727. The second-order valence-corrected chi connectivity index (χ2v) is 6.48. The number of esters is 1. The minimum atomic E-state index is -1.05. The van der Waals surface area contributed by atoms with E-state index in [2.05, 4.69) is 9.24 Å². The number of rotatable bonds is 5. The summed E-state index contributed by atoms with van der Waals surface area (Å²) in [7, 11) is 3.75. The number of hydrogen-bond donors (Lipinski definition) is 1. The Labute approximate surface area is 147 Å². The van der Waals surface area contributed by atoms with Crippen LogP contribution in [0.2, 0.25) is 0 Å². The van der Waals surface area contributed by atoms with Gasteiger partial charge in [-0.1, -0.05) is 0 Å². The summed E-state index contributed by atoms with van der Waals surface area (Å²) in [6.45, 7) is 0.397. The fraction of sp³-hybridized carbons (Fsp3) is 0.500. The number of amides is 1. The highest BCUT2D eigenvalue weighted by Gasteiger charge is 2.36. The molecule has 3 atom stereocenters. The predicted octanol–water partition coefficient (Wildman–Crippen LogP) is 1.04. The molecule has 1 aliphatic heterocycles. The zero-order valence-corrected chi connectivity index (χ0v) is 15.1. The van der Waals surface area contributed by atoms with E-state index in [1.807, 2.05) is 0 Å². The van der Waals surface area contributed by atoms with Crippen LogP contribution in [-0.2, 0) is 21.0 Å². The summed E-state index contributed by atoms with van der Waals surface area (Å²) in [5.41, 5.74) is -0.411. The van der Waals surface area contributed by atoms with E-state index in [0.717, 1.165) is 12.8 Å². The number of ether oxygens (including phenoxy) is 2. The maximum atomic E-state index is 12.4. The molecule has 1 saturated heterocycles. The average molecular weight is 369 g/mol. The number of carboxylic acid groups (broad SMARTS) is 1. The average Bonchev–Trinajstić information content (AvgIpc) is 2.65. The third-order valence-corrected chi connectivity index (χ3v) is 4.83. The van der Waals surface area contributed by atoms with E-state index in [1.165, 1.54) is 23.9 Å². The second-order valence-electron chi connectivity index (χ2n) is 5.76. The number of aromatic nitrogens is 1. The Bertz CT molecular complexity index is 653. The van der Waals surface area contributed by atoms with Gasteiger partial charge in [-0.25, -0.2) is 9.59 Å². The topological polar surface area (TPSA) is 97.0 Å². The summed E-state index contributed by atoms with van der Waals surface area (Å²) in [4.78, 5) is 36.7. The number of carboxylic acids is 1. The number of nitrogens with zero attached hydrogens (tertiary/aromatic N) is 2. The standard InChI is InChI=1S/C16H21N2O6P/c1-23-15(21)13(25)12-6-2-3-8-18(12)16(22)24-10-17-7-4-5-11(9-17)14(19)20/h4-5,7,9,12-13H,2-3,6,8,10,25H2,1H3/p+1/t12-,13-/m1/s1. The Kier molecular flexibility index (Phi) is 6.70. The van der Waals surface area contributed by atoms with Gasteiger partial charge in [-0.3, -0.25) is 4.79 Å². The molecule has 2 heterocycles. The maximum absolute atomic E-state index is 12.4. The number of piperidine rings is 1. The number of aromatic carboxylic acids is 1. The zero-order chi connectivity index (χ0) is 18.4. The first-order valence-corrected chi connectivity index (χ1v) is 8.60. The SMILES string of the molecule is COC(=O)[C@H](P)[C@H]1CCCCN1C(=O)OC[n+]1cccc(C(=O)O)c1. The van der Waals surface area contributed by atoms with E-state index in [9.17, 15) is 14.4 Å². The lowest BCUT2D eigenvalue weighted by atomic mass is 9.99. The Balaban J connectivity index is 2.01. The second kappa shape index (κ2) is 8.76. The van der Waals surface area contributed by atoms with Gasteiger partial charge in [0.25, 0.3) is 6.73 Å². The molecule has 8 nitrogen and oxygen atoms in total. The van der Waals surface area contributed by atoms with Crippen molar-refractivity contribution in [3.05, 3.63) is 30.1 Å². The zero-order valence-electron chi connectivity index (χ0n) is 14.0. The predicted molar refractivity (Wildman–Crippen MR) is 89.9 cm³/mol. The highest BCUT2D eigenvalue weighted by Crippen LogP contribution is 2.25. The number of pyridine rings is 1. The molecule has 0 saturated carbocycles. The molecule has 25 heavy (non-hydrogen) atoms. The van der Waals surface area contributed by atoms with E-state index in [0.29, 0.717) is 13.0 Å². The van der Waals surface area contributed by atoms with Crippen molar-refractivity contribution in [2.45, 2.75) is 37.7 Å². The van der Waals surface area contributed by atoms with Crippen molar-refractivity contribution < 1.29 is 33.5 Å². The third kappa shape index (κ3) is 4.89. The monoisotopic (exact) mass is 369 g/mol. The van der Waals surface area contributed by atoms with Crippen LogP contribution in [-0.4, -0.2) is 53.4 Å². The lowest BCUT2D eigenvalue weighted by Gasteiger charge is -2.36. The molecular weight excluding hydrogens is 347 g/mol. The first-order chi connectivity index (χ1) is 11.9. The quantitative estimate of drug-likeness (QED) is 0.473. The van der Waals surface area contributed by atoms with Gasteiger partial charge in [-0.15, -0.1) is 9.24 Å². The summed E-state index contributed by atoms with van der Waals surface area (Å²) in [6, 6.07) is 2.72. The van der Waals surface area contributed by atoms with Gasteiger partial charge in [0, 0.05) is 12.6 Å². The van der Waals surface area contributed by atoms with Crippen molar-refractivity contribution in [3.63, 3.8) is 0 Å². The third-order valence-electron chi connectivity index (χ3n) is 4.11. The molecule has 2 rings (SSSR count). The van der Waals surface area contributed by atoms with Gasteiger partial charge in [-0.2, -0.15) is 4.57 Å². The van der Waals surface area contributed by atoms with Crippen molar-refractivity contribution >= 4 is 27.3 Å². The highest BCUT2D eigenvalue weighted by molar-refractivity contribution is 7.19. The van der Waals surface area contributed by atoms with Gasteiger partial charge in [0.1, 0.15) is 5.56 Å². The molecule has 136 valence electrons. The summed E-state index contributed by atoms with van der Waals surface area (Å²) in [5, 5.41) is 8.99. The molecule has 1 amide bonds. The Morgan fingerprint density at radius 3 is 2.88 bits per heavy atom. The van der Waals surface area contributed by atoms with E-state index < -0.39 is 23.7 Å². The van der Waals surface area contributed by atoms with Crippen molar-refractivity contribution in [1.29, 1.82) is 0 Å². The highest BCUT2D eigenvalue weighted by atomic mass is 31.0. The van der Waals surface area contributed by atoms with Crippen LogP contribution in [0.3, 0.4) is 0 Å². The molecule has 1 aromatic heterocycles.